The van der Waals surface area contributed by atoms with Crippen LogP contribution in [0.25, 0.3) is 0 Å². The summed E-state index contributed by atoms with van der Waals surface area (Å²) in [7, 11) is -6.45. The van der Waals surface area contributed by atoms with Gasteiger partial charge in [-0.15, -0.1) is 0 Å². The summed E-state index contributed by atoms with van der Waals surface area (Å²) in [6.45, 7) is -0.753. The molecule has 3 rings (SSSR count). The number of hydrogen-bond acceptors (Lipinski definition) is 6. The van der Waals surface area contributed by atoms with E-state index in [0.717, 1.165) is 19.3 Å². The third-order valence-electron chi connectivity index (χ3n) is 4.95. The predicted molar refractivity (Wildman–Crippen MR) is 136 cm³/mol. The molecule has 0 bridgehead atoms. The summed E-state index contributed by atoms with van der Waals surface area (Å²) in [5.74, 6) is 0.294. The first-order valence-electron chi connectivity index (χ1n) is 10.2. The number of ether oxygens (including phenoxy) is 1. The molecule has 0 spiro atoms. The van der Waals surface area contributed by atoms with E-state index < -0.39 is 32.7 Å². The van der Waals surface area contributed by atoms with Gasteiger partial charge in [0.05, 0.1) is 48.8 Å². The number of nitrogens with zero attached hydrogens (tertiary/aromatic N) is 2. The molecule has 8 nitrogen and oxygen atoms in total. The van der Waals surface area contributed by atoms with Gasteiger partial charge in [-0.05, 0) is 48.5 Å². The lowest BCUT2D eigenvalue weighted by molar-refractivity contribution is 0.193. The first-order chi connectivity index (χ1) is 16.0. The monoisotopic (exact) mass is 568 g/mol. The lowest BCUT2D eigenvalue weighted by Crippen LogP contribution is -2.44. The number of aliphatic hydroxyl groups excluding tert-OH is 1. The maximum absolute atomic E-state index is 13.5. The Morgan fingerprint density at radius 3 is 2.00 bits per heavy atom. The Morgan fingerprint density at radius 1 is 0.853 bits per heavy atom. The summed E-state index contributed by atoms with van der Waals surface area (Å²) in [5, 5.41) is 10.9. The Hall–Kier alpha value is -2.60. The molecule has 0 saturated heterocycles. The van der Waals surface area contributed by atoms with Crippen molar-refractivity contribution in [3.05, 3.63) is 83.3 Å². The molecule has 0 saturated carbocycles. The molecule has 0 aliphatic carbocycles. The van der Waals surface area contributed by atoms with Crippen LogP contribution in [0, 0.1) is 0 Å². The van der Waals surface area contributed by atoms with Gasteiger partial charge in [-0.25, -0.2) is 16.8 Å². The molecule has 182 valence electrons. The van der Waals surface area contributed by atoms with Gasteiger partial charge in [-0.3, -0.25) is 8.61 Å². The van der Waals surface area contributed by atoms with E-state index in [1.807, 2.05) is 0 Å². The number of sulfonamides is 2. The fourth-order valence-corrected chi connectivity index (χ4v) is 6.11. The SMILES string of the molecule is COc1ccccc1N(CC(O)CN(c1ccc(Br)cc1)S(C)(=O)=O)S(=O)(=O)c1ccccc1. The molecular formula is C23H25BrN2O6S2. The molecule has 1 atom stereocenters. The Labute approximate surface area is 208 Å². The van der Waals surface area contributed by atoms with E-state index in [9.17, 15) is 21.9 Å². The molecule has 0 amide bonds. The largest absolute Gasteiger partial charge is 0.495 e. The van der Waals surface area contributed by atoms with Gasteiger partial charge in [0.25, 0.3) is 10.0 Å². The Kier molecular flexibility index (Phi) is 8.24. The van der Waals surface area contributed by atoms with Crippen LogP contribution in [0.4, 0.5) is 11.4 Å². The average molecular weight is 569 g/mol. The molecular weight excluding hydrogens is 544 g/mol. The second-order valence-electron chi connectivity index (χ2n) is 7.45. The highest BCUT2D eigenvalue weighted by molar-refractivity contribution is 9.10. The Morgan fingerprint density at radius 2 is 1.41 bits per heavy atom. The van der Waals surface area contributed by atoms with E-state index >= 15 is 0 Å². The van der Waals surface area contributed by atoms with Crippen LogP contribution in [0.3, 0.4) is 0 Å². The Bertz CT molecular complexity index is 1320. The molecule has 1 N–H and O–H groups in total. The van der Waals surface area contributed by atoms with Gasteiger partial charge in [-0.2, -0.15) is 0 Å². The highest BCUT2D eigenvalue weighted by Crippen LogP contribution is 2.32. The summed E-state index contributed by atoms with van der Waals surface area (Å²) in [6.07, 6.45) is -0.331. The van der Waals surface area contributed by atoms with Crippen LogP contribution >= 0.6 is 15.9 Å². The molecule has 0 heterocycles. The summed E-state index contributed by atoms with van der Waals surface area (Å²) < 4.78 is 60.3. The molecule has 1 unspecified atom stereocenters. The van der Waals surface area contributed by atoms with E-state index in [-0.39, 0.29) is 17.1 Å². The normalized spacial score (nSPS) is 12.7. The van der Waals surface area contributed by atoms with E-state index in [1.54, 1.807) is 66.7 Å². The van der Waals surface area contributed by atoms with Gasteiger partial charge in [0.1, 0.15) is 5.75 Å². The quantitative estimate of drug-likeness (QED) is 0.401. The first-order valence-corrected chi connectivity index (χ1v) is 14.2. The molecule has 3 aromatic rings. The number of anilines is 2. The number of hydrogen-bond donors (Lipinski definition) is 1. The van der Waals surface area contributed by atoms with Crippen LogP contribution < -0.4 is 13.3 Å². The van der Waals surface area contributed by atoms with Crippen LogP contribution in [-0.2, 0) is 20.0 Å². The minimum absolute atomic E-state index is 0.0287. The highest BCUT2D eigenvalue weighted by Gasteiger charge is 2.31. The number of aliphatic hydroxyl groups is 1. The lowest BCUT2D eigenvalue weighted by atomic mass is 10.2. The van der Waals surface area contributed by atoms with Gasteiger partial charge >= 0.3 is 0 Å². The van der Waals surface area contributed by atoms with E-state index in [0.29, 0.717) is 11.4 Å². The summed E-state index contributed by atoms with van der Waals surface area (Å²) in [5.41, 5.74) is 0.571. The molecule has 11 heteroatoms. The maximum Gasteiger partial charge on any atom is 0.264 e. The molecule has 34 heavy (non-hydrogen) atoms. The van der Waals surface area contributed by atoms with Gasteiger partial charge in [0.15, 0.2) is 0 Å². The zero-order valence-corrected chi connectivity index (χ0v) is 21.8. The third-order valence-corrected chi connectivity index (χ3v) is 8.44. The van der Waals surface area contributed by atoms with Crippen molar-refractivity contribution in [2.24, 2.45) is 0 Å². The average Bonchev–Trinajstić information content (AvgIpc) is 2.81. The van der Waals surface area contributed by atoms with Crippen molar-refractivity contribution in [3.63, 3.8) is 0 Å². The minimum Gasteiger partial charge on any atom is -0.495 e. The summed E-state index contributed by atoms with van der Waals surface area (Å²) in [6, 6.07) is 20.9. The molecule has 0 aliphatic heterocycles. The number of halogens is 1. The van der Waals surface area contributed by atoms with Crippen LogP contribution in [0.5, 0.6) is 5.75 Å². The van der Waals surface area contributed by atoms with Crippen molar-refractivity contribution in [1.29, 1.82) is 0 Å². The molecule has 0 aromatic heterocycles. The van der Waals surface area contributed by atoms with Gasteiger partial charge in [0.2, 0.25) is 10.0 Å². The minimum atomic E-state index is -4.10. The van der Waals surface area contributed by atoms with Crippen molar-refractivity contribution in [3.8, 4) is 5.75 Å². The van der Waals surface area contributed by atoms with Gasteiger partial charge in [-0.1, -0.05) is 46.3 Å². The van der Waals surface area contributed by atoms with Crippen molar-refractivity contribution in [2.45, 2.75) is 11.0 Å². The number of benzene rings is 3. The van der Waals surface area contributed by atoms with Gasteiger partial charge < -0.3 is 9.84 Å². The van der Waals surface area contributed by atoms with Crippen molar-refractivity contribution < 1.29 is 26.7 Å². The third kappa shape index (κ3) is 6.09. The molecule has 3 aromatic carbocycles. The molecule has 0 fully saturated rings. The van der Waals surface area contributed by atoms with Gasteiger partial charge in [0, 0.05) is 4.47 Å². The molecule has 0 radical (unpaired) electrons. The standard InChI is InChI=1S/C23H25BrN2O6S2/c1-32-23-11-7-6-10-22(23)26(34(30,31)21-8-4-3-5-9-21)17-20(27)16-25(33(2,28)29)19-14-12-18(24)13-15-19/h3-15,20,27H,16-17H2,1-2H3. The van der Waals surface area contributed by atoms with Crippen LogP contribution in [0.1, 0.15) is 0 Å². The predicted octanol–water partition coefficient (Wildman–Crippen LogP) is 3.48. The topological polar surface area (TPSA) is 104 Å². The number of rotatable bonds is 10. The second-order valence-corrected chi connectivity index (χ2v) is 12.1. The van der Waals surface area contributed by atoms with Crippen molar-refractivity contribution in [1.82, 2.24) is 0 Å². The van der Waals surface area contributed by atoms with Crippen LogP contribution in [0.15, 0.2) is 88.2 Å². The lowest BCUT2D eigenvalue weighted by Gasteiger charge is -2.30. The fraction of sp³-hybridized carbons (Fsp3) is 0.217. The fourth-order valence-electron chi connectivity index (χ4n) is 3.36. The van der Waals surface area contributed by atoms with Crippen molar-refractivity contribution in [2.75, 3.05) is 35.1 Å². The maximum atomic E-state index is 13.5. The molecule has 0 aliphatic rings. The smallest absolute Gasteiger partial charge is 0.264 e. The van der Waals surface area contributed by atoms with Crippen LogP contribution in [-0.4, -0.2) is 54.5 Å². The van der Waals surface area contributed by atoms with E-state index in [4.69, 9.17) is 4.74 Å². The van der Waals surface area contributed by atoms with E-state index in [2.05, 4.69) is 15.9 Å². The first kappa shape index (κ1) is 26.0. The summed E-state index contributed by atoms with van der Waals surface area (Å²) >= 11 is 3.31. The highest BCUT2D eigenvalue weighted by atomic mass is 79.9. The zero-order chi connectivity index (χ0) is 24.9. The van der Waals surface area contributed by atoms with Crippen LogP contribution in [0.2, 0.25) is 0 Å². The second kappa shape index (κ2) is 10.8. The zero-order valence-electron chi connectivity index (χ0n) is 18.6. The number of para-hydroxylation sites is 2. The van der Waals surface area contributed by atoms with E-state index in [1.165, 1.54) is 19.2 Å². The summed E-state index contributed by atoms with van der Waals surface area (Å²) in [4.78, 5) is 0.0287. The number of methoxy groups -OCH3 is 1. The Balaban J connectivity index is 1.99. The van der Waals surface area contributed by atoms with Crippen molar-refractivity contribution >= 4 is 47.4 Å².